The SMILES string of the molecule is Cc1ccc(NC(=O)CSCC(=O)N2CCN(c3ccccc3Cl)CC2)cc1. The Balaban J connectivity index is 1.38. The maximum Gasteiger partial charge on any atom is 0.234 e. The third-order valence-electron chi connectivity index (χ3n) is 4.62. The van der Waals surface area contributed by atoms with Crippen molar-refractivity contribution in [1.82, 2.24) is 4.90 Å². The van der Waals surface area contributed by atoms with Gasteiger partial charge in [-0.2, -0.15) is 0 Å². The van der Waals surface area contributed by atoms with Gasteiger partial charge in [-0.05, 0) is 31.2 Å². The molecule has 0 spiro atoms. The van der Waals surface area contributed by atoms with Gasteiger partial charge < -0.3 is 15.1 Å². The fourth-order valence-electron chi connectivity index (χ4n) is 3.06. The van der Waals surface area contributed by atoms with Crippen molar-refractivity contribution in [2.45, 2.75) is 6.92 Å². The van der Waals surface area contributed by atoms with Crippen LogP contribution in [0.3, 0.4) is 0 Å². The highest BCUT2D eigenvalue weighted by Crippen LogP contribution is 2.26. The highest BCUT2D eigenvalue weighted by Gasteiger charge is 2.22. The number of thioether (sulfide) groups is 1. The smallest absolute Gasteiger partial charge is 0.234 e. The summed E-state index contributed by atoms with van der Waals surface area (Å²) in [6.07, 6.45) is 0. The Morgan fingerprint density at radius 2 is 1.68 bits per heavy atom. The molecule has 148 valence electrons. The molecule has 1 saturated heterocycles. The highest BCUT2D eigenvalue weighted by molar-refractivity contribution is 8.00. The van der Waals surface area contributed by atoms with E-state index in [-0.39, 0.29) is 17.6 Å². The average Bonchev–Trinajstić information content (AvgIpc) is 2.70. The molecule has 5 nitrogen and oxygen atoms in total. The largest absolute Gasteiger partial charge is 0.367 e. The van der Waals surface area contributed by atoms with Crippen LogP contribution in [0.4, 0.5) is 11.4 Å². The van der Waals surface area contributed by atoms with Gasteiger partial charge in [-0.25, -0.2) is 0 Å². The minimum absolute atomic E-state index is 0.0759. The van der Waals surface area contributed by atoms with Crippen molar-refractivity contribution in [3.63, 3.8) is 0 Å². The maximum absolute atomic E-state index is 12.4. The van der Waals surface area contributed by atoms with Gasteiger partial charge in [-0.1, -0.05) is 41.4 Å². The molecule has 0 atom stereocenters. The first-order valence-electron chi connectivity index (χ1n) is 9.24. The van der Waals surface area contributed by atoms with Crippen LogP contribution in [0.2, 0.25) is 5.02 Å². The number of aryl methyl sites for hydroxylation is 1. The van der Waals surface area contributed by atoms with Gasteiger partial charge in [0.2, 0.25) is 11.8 Å². The molecule has 3 rings (SSSR count). The summed E-state index contributed by atoms with van der Waals surface area (Å²) >= 11 is 7.60. The van der Waals surface area contributed by atoms with Crippen molar-refractivity contribution < 1.29 is 9.59 Å². The molecule has 7 heteroatoms. The monoisotopic (exact) mass is 417 g/mol. The van der Waals surface area contributed by atoms with Gasteiger partial charge in [0.05, 0.1) is 22.2 Å². The molecule has 0 aliphatic carbocycles. The van der Waals surface area contributed by atoms with E-state index in [1.54, 1.807) is 0 Å². The van der Waals surface area contributed by atoms with Crippen molar-refractivity contribution in [1.29, 1.82) is 0 Å². The number of carbonyl (C=O) groups excluding carboxylic acids is 2. The summed E-state index contributed by atoms with van der Waals surface area (Å²) in [5, 5.41) is 3.58. The second-order valence-corrected chi connectivity index (χ2v) is 8.12. The Morgan fingerprint density at radius 1 is 1.00 bits per heavy atom. The predicted octanol–water partition coefficient (Wildman–Crippen LogP) is 3.67. The molecule has 2 aromatic rings. The van der Waals surface area contributed by atoms with E-state index < -0.39 is 0 Å². The molecular formula is C21H24ClN3O2S. The zero-order valence-electron chi connectivity index (χ0n) is 15.9. The van der Waals surface area contributed by atoms with Gasteiger partial charge in [0.1, 0.15) is 0 Å². The van der Waals surface area contributed by atoms with Crippen molar-refractivity contribution in [3.8, 4) is 0 Å². The molecule has 1 heterocycles. The molecule has 1 fully saturated rings. The number of para-hydroxylation sites is 1. The summed E-state index contributed by atoms with van der Waals surface area (Å²) in [7, 11) is 0. The van der Waals surface area contributed by atoms with E-state index in [0.717, 1.165) is 35.1 Å². The van der Waals surface area contributed by atoms with Crippen LogP contribution in [0.15, 0.2) is 48.5 Å². The molecule has 2 amide bonds. The Bertz CT molecular complexity index is 821. The Labute approximate surface area is 175 Å². The lowest BCUT2D eigenvalue weighted by Crippen LogP contribution is -2.49. The second-order valence-electron chi connectivity index (χ2n) is 6.73. The summed E-state index contributed by atoms with van der Waals surface area (Å²) in [4.78, 5) is 28.5. The van der Waals surface area contributed by atoms with Crippen LogP contribution >= 0.6 is 23.4 Å². The lowest BCUT2D eigenvalue weighted by Gasteiger charge is -2.36. The van der Waals surface area contributed by atoms with Gasteiger partial charge in [0, 0.05) is 31.9 Å². The fourth-order valence-corrected chi connectivity index (χ4v) is 4.03. The highest BCUT2D eigenvalue weighted by atomic mass is 35.5. The number of nitrogens with zero attached hydrogens (tertiary/aromatic N) is 2. The van der Waals surface area contributed by atoms with Crippen molar-refractivity contribution >= 4 is 46.6 Å². The molecule has 0 radical (unpaired) electrons. The standard InChI is InChI=1S/C21H24ClN3O2S/c1-16-6-8-17(9-7-16)23-20(26)14-28-15-21(27)25-12-10-24(11-13-25)19-5-3-2-4-18(19)22/h2-9H,10-15H2,1H3,(H,23,26). The van der Waals surface area contributed by atoms with Crippen LogP contribution in [0.25, 0.3) is 0 Å². The van der Waals surface area contributed by atoms with Gasteiger partial charge in [-0.3, -0.25) is 9.59 Å². The molecule has 0 saturated carbocycles. The third-order valence-corrected chi connectivity index (χ3v) is 5.86. The van der Waals surface area contributed by atoms with E-state index in [1.807, 2.05) is 60.4 Å². The van der Waals surface area contributed by atoms with Crippen LogP contribution in [0, 0.1) is 6.92 Å². The van der Waals surface area contributed by atoms with E-state index in [0.29, 0.717) is 18.8 Å². The second kappa shape index (κ2) is 9.85. The number of hydrogen-bond donors (Lipinski definition) is 1. The van der Waals surface area contributed by atoms with Crippen LogP contribution in [0.1, 0.15) is 5.56 Å². The number of carbonyl (C=O) groups is 2. The van der Waals surface area contributed by atoms with Crippen molar-refractivity contribution in [2.75, 3.05) is 47.9 Å². The molecular weight excluding hydrogens is 394 g/mol. The van der Waals surface area contributed by atoms with Crippen molar-refractivity contribution in [2.24, 2.45) is 0 Å². The topological polar surface area (TPSA) is 52.7 Å². The molecule has 0 bridgehead atoms. The van der Waals surface area contributed by atoms with Crippen LogP contribution in [0.5, 0.6) is 0 Å². The minimum Gasteiger partial charge on any atom is -0.367 e. The van der Waals surface area contributed by atoms with E-state index in [1.165, 1.54) is 11.8 Å². The quantitative estimate of drug-likeness (QED) is 0.779. The molecule has 0 aromatic heterocycles. The Morgan fingerprint density at radius 3 is 2.36 bits per heavy atom. The minimum atomic E-state index is -0.0924. The van der Waals surface area contributed by atoms with Gasteiger partial charge >= 0.3 is 0 Å². The number of anilines is 2. The summed E-state index contributed by atoms with van der Waals surface area (Å²) in [5.41, 5.74) is 2.93. The molecule has 1 N–H and O–H groups in total. The zero-order valence-corrected chi connectivity index (χ0v) is 17.4. The number of rotatable bonds is 6. The van der Waals surface area contributed by atoms with Crippen LogP contribution in [-0.2, 0) is 9.59 Å². The Hall–Kier alpha value is -2.18. The lowest BCUT2D eigenvalue weighted by molar-refractivity contribution is -0.128. The summed E-state index contributed by atoms with van der Waals surface area (Å²) in [6.45, 7) is 4.85. The van der Waals surface area contributed by atoms with E-state index in [9.17, 15) is 9.59 Å². The van der Waals surface area contributed by atoms with Crippen molar-refractivity contribution in [3.05, 3.63) is 59.1 Å². The first-order valence-corrected chi connectivity index (χ1v) is 10.8. The average molecular weight is 418 g/mol. The first-order chi connectivity index (χ1) is 13.5. The summed E-state index contributed by atoms with van der Waals surface area (Å²) < 4.78 is 0. The van der Waals surface area contributed by atoms with Crippen LogP contribution < -0.4 is 10.2 Å². The zero-order chi connectivity index (χ0) is 19.9. The summed E-state index contributed by atoms with van der Waals surface area (Å²) in [5.74, 6) is 0.559. The number of hydrogen-bond acceptors (Lipinski definition) is 4. The number of benzene rings is 2. The van der Waals surface area contributed by atoms with Gasteiger partial charge in [0.15, 0.2) is 0 Å². The number of nitrogens with one attached hydrogen (secondary N) is 1. The molecule has 1 aliphatic rings. The molecule has 2 aromatic carbocycles. The van der Waals surface area contributed by atoms with Gasteiger partial charge in [0.25, 0.3) is 0 Å². The molecule has 0 unspecified atom stereocenters. The van der Waals surface area contributed by atoms with Gasteiger partial charge in [-0.15, -0.1) is 11.8 Å². The first kappa shape index (κ1) is 20.6. The third kappa shape index (κ3) is 5.66. The lowest BCUT2D eigenvalue weighted by atomic mass is 10.2. The number of amides is 2. The summed E-state index contributed by atoms with van der Waals surface area (Å²) in [6, 6.07) is 15.4. The predicted molar refractivity (Wildman–Crippen MR) is 117 cm³/mol. The van der Waals surface area contributed by atoms with E-state index in [2.05, 4.69) is 10.2 Å². The number of halogens is 1. The molecule has 1 aliphatic heterocycles. The maximum atomic E-state index is 12.4. The Kier molecular flexibility index (Phi) is 7.23. The van der Waals surface area contributed by atoms with E-state index in [4.69, 9.17) is 11.6 Å². The van der Waals surface area contributed by atoms with Crippen LogP contribution in [-0.4, -0.2) is 54.4 Å². The molecule has 28 heavy (non-hydrogen) atoms. The normalized spacial score (nSPS) is 14.1. The number of piperazine rings is 1. The van der Waals surface area contributed by atoms with E-state index >= 15 is 0 Å². The fraction of sp³-hybridized carbons (Fsp3) is 0.333.